The molecule has 1 aliphatic heterocycles. The number of anilines is 1. The molecule has 2 atom stereocenters. The van der Waals surface area contributed by atoms with Crippen LogP contribution in [0.25, 0.3) is 0 Å². The number of nitrogens with one attached hydrogen (secondary N) is 2. The number of benzene rings is 1. The van der Waals surface area contributed by atoms with Crippen molar-refractivity contribution in [2.45, 2.75) is 38.8 Å². The van der Waals surface area contributed by atoms with Crippen LogP contribution in [0.1, 0.15) is 26.7 Å². The number of amides is 1. The summed E-state index contributed by atoms with van der Waals surface area (Å²) in [5, 5.41) is 17.1. The molecular weight excluding hydrogens is 296 g/mol. The topological polar surface area (TPSA) is 87.5 Å². The lowest BCUT2D eigenvalue weighted by Gasteiger charge is -2.38. The summed E-state index contributed by atoms with van der Waals surface area (Å²) in [6, 6.07) is 6.85. The van der Waals surface area contributed by atoms with Gasteiger partial charge in [0.2, 0.25) is 5.91 Å². The molecule has 0 bridgehead atoms. The summed E-state index contributed by atoms with van der Waals surface area (Å²) in [5.41, 5.74) is 0.903. The van der Waals surface area contributed by atoms with Gasteiger partial charge in [0.1, 0.15) is 0 Å². The van der Waals surface area contributed by atoms with Gasteiger partial charge in [-0.1, -0.05) is 0 Å². The van der Waals surface area contributed by atoms with E-state index in [2.05, 4.69) is 24.5 Å². The molecule has 1 amide bonds. The van der Waals surface area contributed by atoms with E-state index in [4.69, 9.17) is 0 Å². The smallest absolute Gasteiger partial charge is 0.269 e. The van der Waals surface area contributed by atoms with E-state index in [-0.39, 0.29) is 17.6 Å². The highest BCUT2D eigenvalue weighted by atomic mass is 16.6. The summed E-state index contributed by atoms with van der Waals surface area (Å²) in [5.74, 6) is 0.191. The highest BCUT2D eigenvalue weighted by Crippen LogP contribution is 2.16. The Morgan fingerprint density at radius 1 is 1.39 bits per heavy atom. The van der Waals surface area contributed by atoms with Gasteiger partial charge in [0, 0.05) is 56.0 Å². The predicted molar refractivity (Wildman–Crippen MR) is 89.5 cm³/mol. The number of nitro groups is 1. The maximum atomic E-state index is 12.3. The lowest BCUT2D eigenvalue weighted by atomic mass is 10.1. The minimum absolute atomic E-state index is 0.0764. The van der Waals surface area contributed by atoms with E-state index < -0.39 is 4.92 Å². The fourth-order valence-electron chi connectivity index (χ4n) is 2.73. The Morgan fingerprint density at radius 3 is 2.74 bits per heavy atom. The second kappa shape index (κ2) is 7.92. The second-order valence-corrected chi connectivity index (χ2v) is 5.90. The summed E-state index contributed by atoms with van der Waals surface area (Å²) < 4.78 is 0. The Morgan fingerprint density at radius 2 is 2.09 bits per heavy atom. The van der Waals surface area contributed by atoms with Crippen molar-refractivity contribution in [2.24, 2.45) is 0 Å². The molecule has 0 saturated carbocycles. The number of rotatable bonds is 6. The first-order valence-corrected chi connectivity index (χ1v) is 8.00. The van der Waals surface area contributed by atoms with Crippen molar-refractivity contribution in [1.29, 1.82) is 0 Å². The number of nitrogens with zero attached hydrogens (tertiary/aromatic N) is 2. The fourth-order valence-corrected chi connectivity index (χ4v) is 2.73. The first-order chi connectivity index (χ1) is 11.0. The largest absolute Gasteiger partial charge is 0.385 e. The minimum Gasteiger partial charge on any atom is -0.385 e. The van der Waals surface area contributed by atoms with E-state index in [1.54, 1.807) is 12.1 Å². The van der Waals surface area contributed by atoms with Crippen LogP contribution in [0.3, 0.4) is 0 Å². The molecule has 1 aromatic rings. The molecule has 0 radical (unpaired) electrons. The zero-order valence-corrected chi connectivity index (χ0v) is 13.6. The third kappa shape index (κ3) is 4.66. The molecule has 126 valence electrons. The number of hydrogen-bond donors (Lipinski definition) is 2. The summed E-state index contributed by atoms with van der Waals surface area (Å²) in [6.45, 7) is 6.45. The van der Waals surface area contributed by atoms with Crippen molar-refractivity contribution in [3.8, 4) is 0 Å². The number of non-ortho nitro benzene ring substituents is 1. The van der Waals surface area contributed by atoms with E-state index in [9.17, 15) is 14.9 Å². The van der Waals surface area contributed by atoms with Gasteiger partial charge in [0.05, 0.1) is 4.92 Å². The number of piperazine rings is 1. The van der Waals surface area contributed by atoms with Crippen LogP contribution in [0.2, 0.25) is 0 Å². The molecule has 0 spiro atoms. The SMILES string of the molecule is CC1NCCN(C(=O)CCCNc2ccc([N+](=O)[O-])cc2)C1C. The molecule has 1 saturated heterocycles. The molecule has 2 N–H and O–H groups in total. The number of hydrogen-bond acceptors (Lipinski definition) is 5. The minimum atomic E-state index is -0.419. The molecule has 2 unspecified atom stereocenters. The highest BCUT2D eigenvalue weighted by Gasteiger charge is 2.27. The highest BCUT2D eigenvalue weighted by molar-refractivity contribution is 5.76. The van der Waals surface area contributed by atoms with Crippen LogP contribution in [0.4, 0.5) is 11.4 Å². The van der Waals surface area contributed by atoms with Crippen molar-refractivity contribution in [3.63, 3.8) is 0 Å². The maximum Gasteiger partial charge on any atom is 0.269 e. The second-order valence-electron chi connectivity index (χ2n) is 5.90. The zero-order chi connectivity index (χ0) is 16.8. The van der Waals surface area contributed by atoms with Gasteiger partial charge in [-0.2, -0.15) is 0 Å². The van der Waals surface area contributed by atoms with Crippen molar-refractivity contribution < 1.29 is 9.72 Å². The molecule has 23 heavy (non-hydrogen) atoms. The van der Waals surface area contributed by atoms with Crippen molar-refractivity contribution in [2.75, 3.05) is 25.0 Å². The van der Waals surface area contributed by atoms with E-state index >= 15 is 0 Å². The van der Waals surface area contributed by atoms with E-state index in [0.717, 1.165) is 25.2 Å². The van der Waals surface area contributed by atoms with Crippen LogP contribution in [-0.4, -0.2) is 47.4 Å². The quantitative estimate of drug-likeness (QED) is 0.475. The number of carbonyl (C=O) groups is 1. The number of carbonyl (C=O) groups excluding carboxylic acids is 1. The Bertz CT molecular complexity index is 547. The van der Waals surface area contributed by atoms with E-state index in [0.29, 0.717) is 19.0 Å². The van der Waals surface area contributed by atoms with Gasteiger partial charge < -0.3 is 15.5 Å². The molecule has 0 aromatic heterocycles. The molecule has 7 nitrogen and oxygen atoms in total. The van der Waals surface area contributed by atoms with Gasteiger partial charge >= 0.3 is 0 Å². The van der Waals surface area contributed by atoms with Gasteiger partial charge in [-0.05, 0) is 32.4 Å². The maximum absolute atomic E-state index is 12.3. The standard InChI is InChI=1S/C16H24N4O3/c1-12-13(2)19(11-10-17-12)16(21)4-3-9-18-14-5-7-15(8-6-14)20(22)23/h5-8,12-13,17-18H,3-4,9-11H2,1-2H3. The third-order valence-corrected chi connectivity index (χ3v) is 4.33. The first-order valence-electron chi connectivity index (χ1n) is 8.00. The molecule has 1 aliphatic rings. The van der Waals surface area contributed by atoms with Crippen molar-refractivity contribution in [1.82, 2.24) is 10.2 Å². The van der Waals surface area contributed by atoms with Crippen LogP contribution < -0.4 is 10.6 Å². The molecule has 7 heteroatoms. The summed E-state index contributed by atoms with van der Waals surface area (Å²) in [4.78, 5) is 24.4. The Hall–Kier alpha value is -2.15. The summed E-state index contributed by atoms with van der Waals surface area (Å²) >= 11 is 0. The molecule has 1 heterocycles. The normalized spacial score (nSPS) is 21.0. The molecular formula is C16H24N4O3. The van der Waals surface area contributed by atoms with Gasteiger partial charge in [0.25, 0.3) is 5.69 Å². The fraction of sp³-hybridized carbons (Fsp3) is 0.562. The van der Waals surface area contributed by atoms with Gasteiger partial charge in [-0.15, -0.1) is 0 Å². The van der Waals surface area contributed by atoms with Crippen LogP contribution in [0, 0.1) is 10.1 Å². The van der Waals surface area contributed by atoms with Crippen LogP contribution in [0.15, 0.2) is 24.3 Å². The molecule has 1 aromatic carbocycles. The Kier molecular flexibility index (Phi) is 5.92. The van der Waals surface area contributed by atoms with Gasteiger partial charge in [-0.25, -0.2) is 0 Å². The van der Waals surface area contributed by atoms with Crippen LogP contribution in [-0.2, 0) is 4.79 Å². The Labute approximate surface area is 136 Å². The zero-order valence-electron chi connectivity index (χ0n) is 13.6. The molecule has 0 aliphatic carbocycles. The van der Waals surface area contributed by atoms with Crippen LogP contribution >= 0.6 is 0 Å². The molecule has 1 fully saturated rings. The van der Waals surface area contributed by atoms with Crippen LogP contribution in [0.5, 0.6) is 0 Å². The van der Waals surface area contributed by atoms with Crippen molar-refractivity contribution in [3.05, 3.63) is 34.4 Å². The average Bonchev–Trinajstić information content (AvgIpc) is 2.54. The lowest BCUT2D eigenvalue weighted by Crippen LogP contribution is -2.57. The average molecular weight is 320 g/mol. The summed E-state index contributed by atoms with van der Waals surface area (Å²) in [6.07, 6.45) is 1.25. The summed E-state index contributed by atoms with van der Waals surface area (Å²) in [7, 11) is 0. The first kappa shape index (κ1) is 17.2. The van der Waals surface area contributed by atoms with E-state index in [1.807, 2.05) is 4.90 Å². The predicted octanol–water partition coefficient (Wildman–Crippen LogP) is 2.00. The van der Waals surface area contributed by atoms with E-state index in [1.165, 1.54) is 12.1 Å². The van der Waals surface area contributed by atoms with Crippen molar-refractivity contribution >= 4 is 17.3 Å². The van der Waals surface area contributed by atoms with Gasteiger partial charge in [-0.3, -0.25) is 14.9 Å². The third-order valence-electron chi connectivity index (χ3n) is 4.33. The monoisotopic (exact) mass is 320 g/mol. The number of nitro benzene ring substituents is 1. The lowest BCUT2D eigenvalue weighted by molar-refractivity contribution is -0.384. The Balaban J connectivity index is 1.72. The molecule has 2 rings (SSSR count). The van der Waals surface area contributed by atoms with Gasteiger partial charge in [0.15, 0.2) is 0 Å².